The number of rotatable bonds is 8. The number of benzene rings is 2. The van der Waals surface area contributed by atoms with Crippen molar-refractivity contribution < 1.29 is 9.59 Å². The average Bonchev–Trinajstić information content (AvgIpc) is 3.14. The van der Waals surface area contributed by atoms with Gasteiger partial charge in [-0.05, 0) is 29.5 Å². The van der Waals surface area contributed by atoms with E-state index in [0.29, 0.717) is 0 Å². The lowest BCUT2D eigenvalue weighted by Crippen LogP contribution is -2.51. The van der Waals surface area contributed by atoms with E-state index in [0.717, 1.165) is 22.4 Å². The molecule has 6 heteroatoms. The predicted molar refractivity (Wildman–Crippen MR) is 119 cm³/mol. The number of H-pyrrole nitrogens is 1. The summed E-state index contributed by atoms with van der Waals surface area (Å²) < 4.78 is 0. The van der Waals surface area contributed by atoms with Gasteiger partial charge >= 0.3 is 0 Å². The van der Waals surface area contributed by atoms with Crippen LogP contribution in [0.25, 0.3) is 11.0 Å². The van der Waals surface area contributed by atoms with Crippen LogP contribution >= 0.6 is 0 Å². The summed E-state index contributed by atoms with van der Waals surface area (Å²) in [7, 11) is 0. The Labute approximate surface area is 177 Å². The summed E-state index contributed by atoms with van der Waals surface area (Å²) in [6.07, 6.45) is 0.245. The summed E-state index contributed by atoms with van der Waals surface area (Å²) in [6.45, 7) is 7.93. The number of nitrogens with zero attached hydrogens (tertiary/aromatic N) is 1. The summed E-state index contributed by atoms with van der Waals surface area (Å²) in [5, 5.41) is 6.00. The third-order valence-electron chi connectivity index (χ3n) is 5.14. The first-order chi connectivity index (χ1) is 14.3. The first kappa shape index (κ1) is 21.6. The fourth-order valence-corrected chi connectivity index (χ4v) is 3.45. The van der Waals surface area contributed by atoms with Crippen molar-refractivity contribution in [3.63, 3.8) is 0 Å². The van der Waals surface area contributed by atoms with Gasteiger partial charge in [-0.2, -0.15) is 0 Å². The molecule has 3 aromatic rings. The van der Waals surface area contributed by atoms with E-state index in [2.05, 4.69) is 20.6 Å². The first-order valence-electron chi connectivity index (χ1n) is 10.4. The highest BCUT2D eigenvalue weighted by atomic mass is 16.2. The van der Waals surface area contributed by atoms with E-state index in [1.807, 2.05) is 82.3 Å². The number of aromatic nitrogens is 2. The minimum absolute atomic E-state index is 0.0480. The normalized spacial score (nSPS) is 13.4. The second kappa shape index (κ2) is 9.57. The number of amides is 2. The lowest BCUT2D eigenvalue weighted by atomic mass is 9.99. The SMILES string of the molecule is CC(C)C(NC(=O)Cc1ccccc1)C(=O)NC(c1nc2ccccc2[nH]1)C(C)C. The van der Waals surface area contributed by atoms with Gasteiger partial charge in [0.15, 0.2) is 0 Å². The Hall–Kier alpha value is -3.15. The molecule has 2 amide bonds. The zero-order chi connectivity index (χ0) is 21.7. The summed E-state index contributed by atoms with van der Waals surface area (Å²) >= 11 is 0. The number of fused-ring (bicyclic) bond motifs is 1. The largest absolute Gasteiger partial charge is 0.344 e. The highest BCUT2D eigenvalue weighted by molar-refractivity contribution is 5.89. The lowest BCUT2D eigenvalue weighted by molar-refractivity contribution is -0.130. The Morgan fingerprint density at radius 3 is 2.20 bits per heavy atom. The first-order valence-corrected chi connectivity index (χ1v) is 10.4. The zero-order valence-electron chi connectivity index (χ0n) is 18.0. The average molecular weight is 407 g/mol. The zero-order valence-corrected chi connectivity index (χ0v) is 18.0. The van der Waals surface area contributed by atoms with Crippen LogP contribution in [0.4, 0.5) is 0 Å². The maximum atomic E-state index is 13.1. The summed E-state index contributed by atoms with van der Waals surface area (Å²) in [4.78, 5) is 33.6. The van der Waals surface area contributed by atoms with Crippen LogP contribution in [0.1, 0.15) is 45.1 Å². The molecule has 30 heavy (non-hydrogen) atoms. The second-order valence-corrected chi connectivity index (χ2v) is 8.32. The van der Waals surface area contributed by atoms with Crippen molar-refractivity contribution in [1.29, 1.82) is 0 Å². The molecule has 1 heterocycles. The maximum absolute atomic E-state index is 13.1. The molecule has 1 aromatic heterocycles. The van der Waals surface area contributed by atoms with E-state index in [-0.39, 0.29) is 36.1 Å². The Balaban J connectivity index is 1.72. The van der Waals surface area contributed by atoms with Gasteiger partial charge in [-0.3, -0.25) is 9.59 Å². The third-order valence-corrected chi connectivity index (χ3v) is 5.14. The van der Waals surface area contributed by atoms with E-state index in [1.165, 1.54) is 0 Å². The number of nitrogens with one attached hydrogen (secondary N) is 3. The standard InChI is InChI=1S/C24H30N4O2/c1-15(2)21(23-25-18-12-8-9-13-19(18)26-23)28-24(30)22(16(3)4)27-20(29)14-17-10-6-5-7-11-17/h5-13,15-16,21-22H,14H2,1-4H3,(H,25,26)(H,27,29)(H,28,30). The second-order valence-electron chi connectivity index (χ2n) is 8.32. The molecular formula is C24H30N4O2. The molecule has 0 spiro atoms. The van der Waals surface area contributed by atoms with Crippen molar-refractivity contribution in [3.8, 4) is 0 Å². The Morgan fingerprint density at radius 2 is 1.57 bits per heavy atom. The van der Waals surface area contributed by atoms with Gasteiger partial charge < -0.3 is 15.6 Å². The van der Waals surface area contributed by atoms with E-state index in [9.17, 15) is 9.59 Å². The molecule has 158 valence electrons. The number of carbonyl (C=O) groups is 2. The quantitative estimate of drug-likeness (QED) is 0.532. The maximum Gasteiger partial charge on any atom is 0.243 e. The Bertz CT molecular complexity index is 962. The summed E-state index contributed by atoms with van der Waals surface area (Å²) in [5.41, 5.74) is 2.72. The minimum Gasteiger partial charge on any atom is -0.344 e. The fraction of sp³-hybridized carbons (Fsp3) is 0.375. The monoisotopic (exact) mass is 406 g/mol. The lowest BCUT2D eigenvalue weighted by Gasteiger charge is -2.26. The van der Waals surface area contributed by atoms with Gasteiger partial charge in [0.2, 0.25) is 11.8 Å². The van der Waals surface area contributed by atoms with Crippen LogP contribution in [0.15, 0.2) is 54.6 Å². The van der Waals surface area contributed by atoms with Gasteiger partial charge in [-0.15, -0.1) is 0 Å². The number of carbonyl (C=O) groups excluding carboxylic acids is 2. The number of aromatic amines is 1. The smallest absolute Gasteiger partial charge is 0.243 e. The van der Waals surface area contributed by atoms with Gasteiger partial charge in [0.05, 0.1) is 23.5 Å². The Kier molecular flexibility index (Phi) is 6.87. The minimum atomic E-state index is -0.619. The summed E-state index contributed by atoms with van der Waals surface area (Å²) in [6, 6.07) is 16.4. The van der Waals surface area contributed by atoms with Crippen molar-refractivity contribution in [1.82, 2.24) is 20.6 Å². The van der Waals surface area contributed by atoms with Crippen molar-refractivity contribution in [2.45, 2.75) is 46.2 Å². The Morgan fingerprint density at radius 1 is 0.900 bits per heavy atom. The van der Waals surface area contributed by atoms with Gasteiger partial charge in [0, 0.05) is 0 Å². The molecule has 0 radical (unpaired) electrons. The van der Waals surface area contributed by atoms with Crippen LogP contribution in [0.3, 0.4) is 0 Å². The van der Waals surface area contributed by atoms with Crippen LogP contribution < -0.4 is 10.6 Å². The van der Waals surface area contributed by atoms with Gasteiger partial charge in [0.1, 0.15) is 11.9 Å². The molecule has 0 saturated carbocycles. The van der Waals surface area contributed by atoms with E-state index >= 15 is 0 Å². The van der Waals surface area contributed by atoms with E-state index in [1.54, 1.807) is 0 Å². The van der Waals surface area contributed by atoms with E-state index in [4.69, 9.17) is 0 Å². The van der Waals surface area contributed by atoms with Crippen LogP contribution in [0.5, 0.6) is 0 Å². The molecule has 2 unspecified atom stereocenters. The van der Waals surface area contributed by atoms with E-state index < -0.39 is 6.04 Å². The predicted octanol–water partition coefficient (Wildman–Crippen LogP) is 3.76. The number of para-hydroxylation sites is 2. The van der Waals surface area contributed by atoms with Crippen molar-refractivity contribution >= 4 is 22.8 Å². The van der Waals surface area contributed by atoms with Gasteiger partial charge in [-0.1, -0.05) is 70.2 Å². The van der Waals surface area contributed by atoms with Crippen LogP contribution in [-0.2, 0) is 16.0 Å². The molecule has 0 aliphatic carbocycles. The molecular weight excluding hydrogens is 376 g/mol. The van der Waals surface area contributed by atoms with Crippen LogP contribution in [0, 0.1) is 11.8 Å². The van der Waals surface area contributed by atoms with Crippen molar-refractivity contribution in [3.05, 3.63) is 66.0 Å². The van der Waals surface area contributed by atoms with Crippen molar-refractivity contribution in [2.75, 3.05) is 0 Å². The molecule has 2 atom stereocenters. The molecule has 0 bridgehead atoms. The number of imidazole rings is 1. The fourth-order valence-electron chi connectivity index (χ4n) is 3.45. The third kappa shape index (κ3) is 5.26. The molecule has 6 nitrogen and oxygen atoms in total. The molecule has 3 N–H and O–H groups in total. The van der Waals surface area contributed by atoms with Gasteiger partial charge in [-0.25, -0.2) is 4.98 Å². The van der Waals surface area contributed by atoms with Crippen molar-refractivity contribution in [2.24, 2.45) is 11.8 Å². The topological polar surface area (TPSA) is 86.9 Å². The molecule has 2 aromatic carbocycles. The number of hydrogen-bond donors (Lipinski definition) is 3. The molecule has 0 saturated heterocycles. The van der Waals surface area contributed by atoms with Crippen LogP contribution in [0.2, 0.25) is 0 Å². The van der Waals surface area contributed by atoms with Gasteiger partial charge in [0.25, 0.3) is 0 Å². The molecule has 0 aliphatic heterocycles. The highest BCUT2D eigenvalue weighted by Crippen LogP contribution is 2.22. The molecule has 3 rings (SSSR count). The highest BCUT2D eigenvalue weighted by Gasteiger charge is 2.29. The number of hydrogen-bond acceptors (Lipinski definition) is 3. The molecule has 0 fully saturated rings. The van der Waals surface area contributed by atoms with Crippen LogP contribution in [-0.4, -0.2) is 27.8 Å². The summed E-state index contributed by atoms with van der Waals surface area (Å²) in [5.74, 6) is 0.429. The molecule has 0 aliphatic rings.